The predicted molar refractivity (Wildman–Crippen MR) is 631 cm³/mol. The first-order chi connectivity index (χ1) is 74.4. The Hall–Kier alpha value is -19.5. The van der Waals surface area contributed by atoms with Crippen LogP contribution in [0.3, 0.4) is 0 Å². The highest BCUT2D eigenvalue weighted by Gasteiger charge is 2.28. The number of rotatable bonds is 12. The summed E-state index contributed by atoms with van der Waals surface area (Å²) in [4.78, 5) is 30.4. The summed E-state index contributed by atoms with van der Waals surface area (Å²) in [7, 11) is 0. The Morgan fingerprint density at radius 3 is 0.727 bits per heavy atom. The van der Waals surface area contributed by atoms with E-state index in [2.05, 4.69) is 443 Å². The van der Waals surface area contributed by atoms with E-state index in [4.69, 9.17) is 29.9 Å². The van der Waals surface area contributed by atoms with E-state index in [1.54, 1.807) is 0 Å². The third-order valence-electron chi connectivity index (χ3n) is 30.7. The van der Waals surface area contributed by atoms with Gasteiger partial charge in [0.25, 0.3) is 0 Å². The van der Waals surface area contributed by atoms with Crippen molar-refractivity contribution in [2.24, 2.45) is 0 Å². The third-order valence-corrected chi connectivity index (χ3v) is 33.2. The Labute approximate surface area is 867 Å². The van der Waals surface area contributed by atoms with Crippen LogP contribution in [0.1, 0.15) is 0 Å². The van der Waals surface area contributed by atoms with Gasteiger partial charge in [-0.05, 0) is 196 Å². The van der Waals surface area contributed by atoms with Crippen molar-refractivity contribution in [2.75, 3.05) is 0 Å². The Morgan fingerprint density at radius 2 is 0.360 bits per heavy atom. The van der Waals surface area contributed by atoms with E-state index < -0.39 is 0 Å². The van der Waals surface area contributed by atoms with Gasteiger partial charge in [0.2, 0.25) is 0 Å². The number of aromatic nitrogens is 10. The highest BCUT2D eigenvalue weighted by Crippen LogP contribution is 2.52. The molecule has 32 aromatic rings. The first-order valence-corrected chi connectivity index (χ1v) is 52.5. The van der Waals surface area contributed by atoms with Crippen LogP contribution in [0, 0.1) is 0 Å². The maximum absolute atomic E-state index is 5.14. The Morgan fingerprint density at radius 1 is 0.127 bits per heavy atom. The van der Waals surface area contributed by atoms with Gasteiger partial charge in [-0.15, -0.1) is 22.7 Å². The summed E-state index contributed by atoms with van der Waals surface area (Å²) in [5.74, 6) is 3.86. The zero-order valence-electron chi connectivity index (χ0n) is 80.6. The van der Waals surface area contributed by atoms with Crippen molar-refractivity contribution in [3.05, 3.63) is 497 Å². The summed E-state index contributed by atoms with van der Waals surface area (Å²) in [6, 6.07) is 180. The normalized spacial score (nSPS) is 12.0. The number of benzene rings is 24. The lowest BCUT2D eigenvalue weighted by Gasteiger charge is -2.15. The lowest BCUT2D eigenvalue weighted by Crippen LogP contribution is -2.00. The molecule has 0 amide bonds. The summed E-state index contributed by atoms with van der Waals surface area (Å²) in [6.45, 7) is 0. The van der Waals surface area contributed by atoms with E-state index in [0.717, 1.165) is 66.6 Å². The van der Waals surface area contributed by atoms with E-state index in [1.165, 1.54) is 204 Å². The highest BCUT2D eigenvalue weighted by molar-refractivity contribution is 7.27. The van der Waals surface area contributed by atoms with Crippen LogP contribution in [-0.2, 0) is 0 Å². The molecule has 0 atom stereocenters. The van der Waals surface area contributed by atoms with Crippen molar-refractivity contribution < 1.29 is 0 Å². The number of hydrogen-bond acceptors (Lipinski definition) is 8. The van der Waals surface area contributed by atoms with Crippen LogP contribution < -0.4 is 0 Å². The van der Waals surface area contributed by atoms with Crippen LogP contribution in [0.5, 0.6) is 0 Å². The molecule has 0 unspecified atom stereocenters. The standard InChI is InChI=1S/2C69H41N5S/c1-4-17-42(18-5-1)67-70-68(43-19-6-2-7-20-43)72-69(71-67)45-31-34-51-52-35-33-47(41-59(52)50-24-11-10-23-49(50)58(51)40-45)73-61-29-14-13-26-54(61)60-39-44(32-38-63(60)73)48-27-16-28-56-57-37-36-55-53-25-12-15-30-62(53)74(46-21-8-3-9-22-46)64(55)66(57)75-65(48)56;1-4-17-42(18-5-1)67-70-68(43-19-6-2-7-20-43)72-69(71-67)45-31-34-51-49-23-10-11-24-50(49)52-35-33-47(41-59(52)58(51)40-45)73-61-29-14-13-26-54(61)60-39-44(32-38-63(60)73)48-27-16-28-56-57-37-36-55-53-25-12-15-30-62(53)74(46-21-8-3-9-22-46)64(55)66(57)75-65(48)56/h2*1-41H. The van der Waals surface area contributed by atoms with Crippen molar-refractivity contribution in [1.29, 1.82) is 0 Å². The summed E-state index contributed by atoms with van der Waals surface area (Å²) in [5.41, 5.74) is 24.8. The molecule has 0 saturated heterocycles. The van der Waals surface area contributed by atoms with Gasteiger partial charge in [0, 0.05) is 130 Å². The molecule has 0 aliphatic carbocycles. The van der Waals surface area contributed by atoms with Crippen LogP contribution in [0.25, 0.3) is 306 Å². The SMILES string of the molecule is c1ccc(-c2nc(-c3ccccc3)nc(-c3ccc4c5ccc(-n6c7ccccc7c7cc(-c8cccc9c8sc8c9ccc9c%10ccccc%10n(-c%10ccccc%10)c98)ccc76)cc5c5ccccc5c4c3)n2)cc1.c1ccc(-c2nc(-c3ccccc3)nc(-c3ccc4c5ccccc5c5ccc(-n6c7ccccc7c7cc(-c8cccc9c8sc8c9ccc9c%10ccccc%10n(-c%10ccccc%10)c98)ccc76)cc5c4c3)n2)cc1. The summed E-state index contributed by atoms with van der Waals surface area (Å²) >= 11 is 3.83. The van der Waals surface area contributed by atoms with E-state index in [1.807, 2.05) is 95.5 Å². The molecule has 32 rings (SSSR count). The van der Waals surface area contributed by atoms with Gasteiger partial charge in [-0.3, -0.25) is 0 Å². The number of nitrogens with zero attached hydrogens (tertiary/aromatic N) is 10. The zero-order chi connectivity index (χ0) is 98.3. The van der Waals surface area contributed by atoms with E-state index >= 15 is 0 Å². The van der Waals surface area contributed by atoms with E-state index in [9.17, 15) is 0 Å². The largest absolute Gasteiger partial charge is 0.309 e. The molecule has 24 aromatic carbocycles. The molecule has 0 saturated carbocycles. The minimum absolute atomic E-state index is 0.634. The number of hydrogen-bond donors (Lipinski definition) is 0. The molecule has 0 spiro atoms. The van der Waals surface area contributed by atoms with Crippen molar-refractivity contribution in [3.63, 3.8) is 0 Å². The molecule has 0 aliphatic heterocycles. The molecule has 0 fully saturated rings. The molecule has 150 heavy (non-hydrogen) atoms. The van der Waals surface area contributed by atoms with Crippen molar-refractivity contribution in [2.45, 2.75) is 0 Å². The molecule has 0 aliphatic rings. The average molecular weight is 1940 g/mol. The summed E-state index contributed by atoms with van der Waals surface area (Å²) in [6.07, 6.45) is 0. The van der Waals surface area contributed by atoms with E-state index in [-0.39, 0.29) is 0 Å². The molecule has 8 aromatic heterocycles. The van der Waals surface area contributed by atoms with Crippen LogP contribution in [0.15, 0.2) is 497 Å². The zero-order valence-corrected chi connectivity index (χ0v) is 82.3. The molecule has 0 bridgehead atoms. The van der Waals surface area contributed by atoms with Crippen molar-refractivity contribution >= 4 is 215 Å². The van der Waals surface area contributed by atoms with Crippen LogP contribution in [0.4, 0.5) is 0 Å². The fourth-order valence-corrected chi connectivity index (χ4v) is 26.7. The maximum atomic E-state index is 5.14. The lowest BCUT2D eigenvalue weighted by atomic mass is 9.93. The van der Waals surface area contributed by atoms with Gasteiger partial charge in [-0.25, -0.2) is 29.9 Å². The van der Waals surface area contributed by atoms with Crippen LogP contribution in [0.2, 0.25) is 0 Å². The molecule has 0 radical (unpaired) electrons. The second kappa shape index (κ2) is 34.1. The first kappa shape index (κ1) is 85.0. The lowest BCUT2D eigenvalue weighted by molar-refractivity contribution is 1.07. The molecule has 8 heterocycles. The molecule has 696 valence electrons. The molecule has 0 N–H and O–H groups in total. The van der Waals surface area contributed by atoms with Crippen LogP contribution >= 0.6 is 22.7 Å². The van der Waals surface area contributed by atoms with Gasteiger partial charge in [0.1, 0.15) is 0 Å². The van der Waals surface area contributed by atoms with Crippen LogP contribution in [-0.4, -0.2) is 48.2 Å². The van der Waals surface area contributed by atoms with Gasteiger partial charge in [-0.1, -0.05) is 388 Å². The van der Waals surface area contributed by atoms with Gasteiger partial charge < -0.3 is 18.3 Å². The quantitative estimate of drug-likeness (QED) is 0.113. The Kier molecular flexibility index (Phi) is 19.3. The van der Waals surface area contributed by atoms with Gasteiger partial charge >= 0.3 is 0 Å². The third kappa shape index (κ3) is 13.4. The maximum Gasteiger partial charge on any atom is 0.164 e. The first-order valence-electron chi connectivity index (χ1n) is 50.8. The summed E-state index contributed by atoms with van der Waals surface area (Å²) in [5, 5.41) is 29.4. The molecule has 10 nitrogen and oxygen atoms in total. The predicted octanol–water partition coefficient (Wildman–Crippen LogP) is 37.1. The van der Waals surface area contributed by atoms with E-state index in [0.29, 0.717) is 34.9 Å². The number of thiophene rings is 2. The fraction of sp³-hybridized carbons (Fsp3) is 0. The molecular weight excluding hydrogens is 1860 g/mol. The van der Waals surface area contributed by atoms with Gasteiger partial charge in [0.15, 0.2) is 34.9 Å². The Bertz CT molecular complexity index is 11100. The topological polar surface area (TPSA) is 97.1 Å². The minimum atomic E-state index is 0.634. The highest BCUT2D eigenvalue weighted by atomic mass is 32.1. The molecular formula is C138H82N10S2. The summed E-state index contributed by atoms with van der Waals surface area (Å²) < 4.78 is 15.0. The smallest absolute Gasteiger partial charge is 0.164 e. The second-order valence-electron chi connectivity index (χ2n) is 38.9. The van der Waals surface area contributed by atoms with Crippen molar-refractivity contribution in [1.82, 2.24) is 48.2 Å². The molecule has 12 heteroatoms. The number of fused-ring (bicyclic) bond motifs is 32. The monoisotopic (exact) mass is 1940 g/mol. The Balaban J connectivity index is 0.000000135. The fourth-order valence-electron chi connectivity index (χ4n) is 23.9. The van der Waals surface area contributed by atoms with Gasteiger partial charge in [0.05, 0.1) is 53.5 Å². The number of para-hydroxylation sites is 6. The van der Waals surface area contributed by atoms with Gasteiger partial charge in [-0.2, -0.15) is 0 Å². The van der Waals surface area contributed by atoms with Crippen molar-refractivity contribution in [3.8, 4) is 113 Å². The second-order valence-corrected chi connectivity index (χ2v) is 41.0. The average Bonchev–Trinajstić information content (AvgIpc) is 1.56. The minimum Gasteiger partial charge on any atom is -0.309 e.